The van der Waals surface area contributed by atoms with E-state index in [0.717, 1.165) is 0 Å². The van der Waals surface area contributed by atoms with Gasteiger partial charge in [-0.3, -0.25) is 0 Å². The summed E-state index contributed by atoms with van der Waals surface area (Å²) in [6.45, 7) is 0.819. The Hall–Kier alpha value is -1.13. The number of nitrogens with zero attached hydrogens (tertiary/aromatic N) is 1. The third-order valence-corrected chi connectivity index (χ3v) is 3.81. The average molecular weight is 274 g/mol. The summed E-state index contributed by atoms with van der Waals surface area (Å²) in [6, 6.07) is 5.87. The summed E-state index contributed by atoms with van der Waals surface area (Å²) in [7, 11) is -1.83. The number of hydrogen-bond acceptors (Lipinski definition) is 4. The minimum absolute atomic E-state index is 0.0533. The average Bonchev–Trinajstić information content (AvgIpc) is 2.29. The van der Waals surface area contributed by atoms with Gasteiger partial charge in [0, 0.05) is 13.1 Å². The standard InChI is InChI=1S/C10H12ClN3O2S/c1-13-4-5-14-17(15,16)9-3-2-8(7-12)10(11)6-9/h2-3,6,13-14H,4-5H2,1H3. The Kier molecular flexibility index (Phi) is 4.90. The fraction of sp³-hybridized carbons (Fsp3) is 0.300. The zero-order valence-electron chi connectivity index (χ0n) is 9.20. The number of likely N-dealkylation sites (N-methyl/N-ethyl adjacent to an activating group) is 1. The molecule has 0 unspecified atom stereocenters. The van der Waals surface area contributed by atoms with Crippen molar-refractivity contribution < 1.29 is 8.42 Å². The lowest BCUT2D eigenvalue weighted by Crippen LogP contribution is -2.30. The molecule has 92 valence electrons. The molecule has 1 rings (SSSR count). The van der Waals surface area contributed by atoms with Gasteiger partial charge in [-0.2, -0.15) is 5.26 Å². The van der Waals surface area contributed by atoms with E-state index >= 15 is 0 Å². The maximum atomic E-state index is 11.8. The maximum absolute atomic E-state index is 11.8. The van der Waals surface area contributed by atoms with E-state index in [-0.39, 0.29) is 22.0 Å². The molecule has 1 aromatic rings. The molecule has 0 aromatic heterocycles. The minimum atomic E-state index is -3.56. The van der Waals surface area contributed by atoms with E-state index in [2.05, 4.69) is 10.0 Å². The van der Waals surface area contributed by atoms with Crippen molar-refractivity contribution in [2.24, 2.45) is 0 Å². The van der Waals surface area contributed by atoms with Gasteiger partial charge in [-0.1, -0.05) is 11.6 Å². The van der Waals surface area contributed by atoms with Crippen LogP contribution in [0.25, 0.3) is 0 Å². The van der Waals surface area contributed by atoms with Gasteiger partial charge < -0.3 is 5.32 Å². The molecule has 0 atom stereocenters. The fourth-order valence-corrected chi connectivity index (χ4v) is 2.49. The van der Waals surface area contributed by atoms with Crippen LogP contribution in [0.2, 0.25) is 5.02 Å². The number of sulfonamides is 1. The highest BCUT2D eigenvalue weighted by Crippen LogP contribution is 2.19. The van der Waals surface area contributed by atoms with Crippen LogP contribution in [0.3, 0.4) is 0 Å². The molecule has 0 amide bonds. The van der Waals surface area contributed by atoms with Gasteiger partial charge >= 0.3 is 0 Å². The van der Waals surface area contributed by atoms with E-state index in [0.29, 0.717) is 6.54 Å². The molecule has 7 heteroatoms. The molecule has 0 bridgehead atoms. The van der Waals surface area contributed by atoms with Crippen molar-refractivity contribution in [3.8, 4) is 6.07 Å². The number of halogens is 1. The van der Waals surface area contributed by atoms with Crippen LogP contribution in [0.5, 0.6) is 0 Å². The monoisotopic (exact) mass is 273 g/mol. The lowest BCUT2D eigenvalue weighted by atomic mass is 10.2. The van der Waals surface area contributed by atoms with Crippen LogP contribution < -0.4 is 10.0 Å². The first-order valence-corrected chi connectivity index (χ1v) is 6.71. The molecule has 2 N–H and O–H groups in total. The van der Waals surface area contributed by atoms with Crippen molar-refractivity contribution in [3.05, 3.63) is 28.8 Å². The zero-order chi connectivity index (χ0) is 12.9. The summed E-state index contributed by atoms with van der Waals surface area (Å²) in [5.74, 6) is 0. The Morgan fingerprint density at radius 1 is 1.41 bits per heavy atom. The zero-order valence-corrected chi connectivity index (χ0v) is 10.8. The topological polar surface area (TPSA) is 82.0 Å². The van der Waals surface area contributed by atoms with Crippen molar-refractivity contribution in [2.45, 2.75) is 4.90 Å². The maximum Gasteiger partial charge on any atom is 0.240 e. The van der Waals surface area contributed by atoms with Crippen LogP contribution in [0.1, 0.15) is 5.56 Å². The van der Waals surface area contributed by atoms with Gasteiger partial charge in [-0.15, -0.1) is 0 Å². The van der Waals surface area contributed by atoms with Gasteiger partial charge in [0.25, 0.3) is 0 Å². The molecule has 0 aliphatic heterocycles. The second-order valence-electron chi connectivity index (χ2n) is 3.25. The molecular formula is C10H12ClN3O2S. The van der Waals surface area contributed by atoms with E-state index in [4.69, 9.17) is 16.9 Å². The van der Waals surface area contributed by atoms with Gasteiger partial charge in [-0.05, 0) is 25.2 Å². The summed E-state index contributed by atoms with van der Waals surface area (Å²) in [5, 5.41) is 11.6. The van der Waals surface area contributed by atoms with Crippen LogP contribution in [-0.2, 0) is 10.0 Å². The third kappa shape index (κ3) is 3.68. The Morgan fingerprint density at radius 2 is 2.12 bits per heavy atom. The predicted molar refractivity (Wildman–Crippen MR) is 65.3 cm³/mol. The van der Waals surface area contributed by atoms with Crippen molar-refractivity contribution in [3.63, 3.8) is 0 Å². The van der Waals surface area contributed by atoms with Gasteiger partial charge in [0.05, 0.1) is 15.5 Å². The van der Waals surface area contributed by atoms with E-state index in [1.54, 1.807) is 7.05 Å². The van der Waals surface area contributed by atoms with Gasteiger partial charge in [0.1, 0.15) is 6.07 Å². The van der Waals surface area contributed by atoms with Crippen LogP contribution >= 0.6 is 11.6 Å². The molecule has 1 aromatic carbocycles. The third-order valence-electron chi connectivity index (χ3n) is 2.04. The van der Waals surface area contributed by atoms with E-state index < -0.39 is 10.0 Å². The van der Waals surface area contributed by atoms with Crippen molar-refractivity contribution in [2.75, 3.05) is 20.1 Å². The lowest BCUT2D eigenvalue weighted by Gasteiger charge is -2.07. The smallest absolute Gasteiger partial charge is 0.240 e. The predicted octanol–water partition coefficient (Wildman–Crippen LogP) is 0.709. The van der Waals surface area contributed by atoms with Crippen LogP contribution in [0.4, 0.5) is 0 Å². The summed E-state index contributed by atoms with van der Waals surface area (Å²) in [4.78, 5) is 0.0533. The summed E-state index contributed by atoms with van der Waals surface area (Å²) >= 11 is 5.77. The molecule has 0 saturated carbocycles. The largest absolute Gasteiger partial charge is 0.318 e. The van der Waals surface area contributed by atoms with Gasteiger partial charge in [0.2, 0.25) is 10.0 Å². The summed E-state index contributed by atoms with van der Waals surface area (Å²) in [5.41, 5.74) is 0.251. The molecule has 0 radical (unpaired) electrons. The first-order chi connectivity index (χ1) is 8.01. The Labute approximate surface area is 105 Å². The fourth-order valence-electron chi connectivity index (χ4n) is 1.15. The van der Waals surface area contributed by atoms with Crippen LogP contribution in [0.15, 0.2) is 23.1 Å². The number of benzene rings is 1. The number of nitriles is 1. The molecule has 0 saturated heterocycles. The van der Waals surface area contributed by atoms with Gasteiger partial charge in [0.15, 0.2) is 0 Å². The van der Waals surface area contributed by atoms with Crippen molar-refractivity contribution >= 4 is 21.6 Å². The highest BCUT2D eigenvalue weighted by Gasteiger charge is 2.14. The van der Waals surface area contributed by atoms with Crippen LogP contribution in [0, 0.1) is 11.3 Å². The van der Waals surface area contributed by atoms with Crippen LogP contribution in [-0.4, -0.2) is 28.6 Å². The summed E-state index contributed by atoms with van der Waals surface area (Å²) < 4.78 is 26.0. The summed E-state index contributed by atoms with van der Waals surface area (Å²) in [6.07, 6.45) is 0. The Balaban J connectivity index is 2.93. The Bertz CT molecular complexity index is 537. The van der Waals surface area contributed by atoms with Gasteiger partial charge in [-0.25, -0.2) is 13.1 Å². The second-order valence-corrected chi connectivity index (χ2v) is 5.43. The normalized spacial score (nSPS) is 11.1. The molecule has 0 aliphatic rings. The van der Waals surface area contributed by atoms with Crippen molar-refractivity contribution in [1.82, 2.24) is 10.0 Å². The van der Waals surface area contributed by atoms with E-state index in [1.165, 1.54) is 18.2 Å². The second kappa shape index (κ2) is 5.98. The molecular weight excluding hydrogens is 262 g/mol. The quantitative estimate of drug-likeness (QED) is 0.774. The number of nitrogens with one attached hydrogen (secondary N) is 2. The molecule has 5 nitrogen and oxygen atoms in total. The highest BCUT2D eigenvalue weighted by molar-refractivity contribution is 7.89. The first-order valence-electron chi connectivity index (χ1n) is 4.85. The number of hydrogen-bond donors (Lipinski definition) is 2. The minimum Gasteiger partial charge on any atom is -0.318 e. The molecule has 0 heterocycles. The molecule has 0 spiro atoms. The number of rotatable bonds is 5. The van der Waals surface area contributed by atoms with Crippen molar-refractivity contribution in [1.29, 1.82) is 5.26 Å². The van der Waals surface area contributed by atoms with E-state index in [1.807, 2.05) is 6.07 Å². The molecule has 17 heavy (non-hydrogen) atoms. The molecule has 0 fully saturated rings. The first kappa shape index (κ1) is 13.9. The highest BCUT2D eigenvalue weighted by atomic mass is 35.5. The lowest BCUT2D eigenvalue weighted by molar-refractivity contribution is 0.579. The van der Waals surface area contributed by atoms with E-state index in [9.17, 15) is 8.42 Å². The Morgan fingerprint density at radius 3 is 2.65 bits per heavy atom. The SMILES string of the molecule is CNCCNS(=O)(=O)c1ccc(C#N)c(Cl)c1. The molecule has 0 aliphatic carbocycles.